The number of piperidine rings is 1. The quantitative estimate of drug-likeness (QED) is 0.906. The number of nitrogens with one attached hydrogen (secondary N) is 1. The molecule has 4 nitrogen and oxygen atoms in total. The molecule has 1 aromatic heterocycles. The summed E-state index contributed by atoms with van der Waals surface area (Å²) in [4.78, 5) is 2.50. The summed E-state index contributed by atoms with van der Waals surface area (Å²) in [6.45, 7) is 6.40. The number of rotatable bonds is 4. The van der Waals surface area contributed by atoms with E-state index in [1.54, 1.807) is 4.68 Å². The van der Waals surface area contributed by atoms with Crippen LogP contribution in [0.2, 0.25) is 5.15 Å². The number of hydrogen-bond donors (Lipinski definition) is 1. The van der Waals surface area contributed by atoms with Crippen molar-refractivity contribution < 1.29 is 0 Å². The van der Waals surface area contributed by atoms with Crippen LogP contribution < -0.4 is 5.32 Å². The van der Waals surface area contributed by atoms with Crippen molar-refractivity contribution in [3.05, 3.63) is 16.4 Å². The maximum absolute atomic E-state index is 6.29. The number of aromatic nitrogens is 2. The van der Waals surface area contributed by atoms with E-state index in [0.717, 1.165) is 36.4 Å². The first kappa shape index (κ1) is 13.8. The van der Waals surface area contributed by atoms with E-state index in [0.29, 0.717) is 0 Å². The number of nitrogens with zero attached hydrogens (tertiary/aromatic N) is 3. The Labute approximate surface area is 114 Å². The zero-order chi connectivity index (χ0) is 13.1. The van der Waals surface area contributed by atoms with E-state index in [2.05, 4.69) is 15.3 Å². The van der Waals surface area contributed by atoms with Crippen molar-refractivity contribution in [2.24, 2.45) is 13.0 Å². The fourth-order valence-electron chi connectivity index (χ4n) is 2.83. The summed E-state index contributed by atoms with van der Waals surface area (Å²) in [6, 6.07) is 0. The second-order valence-electron chi connectivity index (χ2n) is 5.28. The van der Waals surface area contributed by atoms with Gasteiger partial charge in [-0.3, -0.25) is 9.58 Å². The molecule has 1 N–H and O–H groups in total. The third kappa shape index (κ3) is 3.05. The molecule has 2 rings (SSSR count). The highest BCUT2D eigenvalue weighted by Gasteiger charge is 2.21. The third-order valence-corrected chi connectivity index (χ3v) is 4.22. The van der Waals surface area contributed by atoms with E-state index >= 15 is 0 Å². The minimum absolute atomic E-state index is 0.763. The molecule has 0 bridgehead atoms. The Bertz CT molecular complexity index is 400. The Morgan fingerprint density at radius 2 is 2.28 bits per heavy atom. The van der Waals surface area contributed by atoms with E-state index < -0.39 is 0 Å². The Morgan fingerprint density at radius 3 is 2.89 bits per heavy atom. The summed E-state index contributed by atoms with van der Waals surface area (Å²) in [5.41, 5.74) is 2.24. The van der Waals surface area contributed by atoms with Crippen LogP contribution >= 0.6 is 11.6 Å². The lowest BCUT2D eigenvalue weighted by Crippen LogP contribution is -2.38. The van der Waals surface area contributed by atoms with Gasteiger partial charge in [0.05, 0.1) is 5.69 Å². The van der Waals surface area contributed by atoms with E-state index in [1.165, 1.54) is 24.9 Å². The van der Waals surface area contributed by atoms with Crippen molar-refractivity contribution in [1.82, 2.24) is 20.0 Å². The predicted octanol–water partition coefficient (Wildman–Crippen LogP) is 1.81. The molecular formula is C13H23ClN4. The monoisotopic (exact) mass is 270 g/mol. The van der Waals surface area contributed by atoms with E-state index in [4.69, 9.17) is 11.6 Å². The highest BCUT2D eigenvalue weighted by molar-refractivity contribution is 6.30. The van der Waals surface area contributed by atoms with Gasteiger partial charge in [-0.1, -0.05) is 11.6 Å². The van der Waals surface area contributed by atoms with Crippen LogP contribution in [0.3, 0.4) is 0 Å². The number of aryl methyl sites for hydroxylation is 2. The molecule has 1 aliphatic heterocycles. The largest absolute Gasteiger partial charge is 0.319 e. The fourth-order valence-corrected chi connectivity index (χ4v) is 3.06. The van der Waals surface area contributed by atoms with E-state index in [9.17, 15) is 0 Å². The molecule has 1 saturated heterocycles. The Morgan fingerprint density at radius 1 is 1.50 bits per heavy atom. The minimum Gasteiger partial charge on any atom is -0.319 e. The second kappa shape index (κ2) is 6.04. The third-order valence-electron chi connectivity index (χ3n) is 3.75. The van der Waals surface area contributed by atoms with Crippen LogP contribution in [0.5, 0.6) is 0 Å². The molecule has 1 fully saturated rings. The van der Waals surface area contributed by atoms with Gasteiger partial charge in [0.15, 0.2) is 0 Å². The summed E-state index contributed by atoms with van der Waals surface area (Å²) < 4.78 is 1.77. The molecule has 0 aromatic carbocycles. The summed E-state index contributed by atoms with van der Waals surface area (Å²) in [7, 11) is 3.93. The molecular weight excluding hydrogens is 248 g/mol. The lowest BCUT2D eigenvalue weighted by Gasteiger charge is -2.32. The Hall–Kier alpha value is -0.580. The van der Waals surface area contributed by atoms with Crippen LogP contribution in [0.15, 0.2) is 0 Å². The highest BCUT2D eigenvalue weighted by atomic mass is 35.5. The summed E-state index contributed by atoms with van der Waals surface area (Å²) in [5.74, 6) is 0.763. The van der Waals surface area contributed by atoms with Crippen molar-refractivity contribution in [3.8, 4) is 0 Å². The molecule has 1 unspecified atom stereocenters. The predicted molar refractivity (Wildman–Crippen MR) is 74.9 cm³/mol. The lowest BCUT2D eigenvalue weighted by molar-refractivity contribution is 0.166. The minimum atomic E-state index is 0.763. The average Bonchev–Trinajstić information content (AvgIpc) is 2.57. The summed E-state index contributed by atoms with van der Waals surface area (Å²) in [6.07, 6.45) is 2.61. The lowest BCUT2D eigenvalue weighted by atomic mass is 9.97. The van der Waals surface area contributed by atoms with Gasteiger partial charge in [-0.05, 0) is 45.8 Å². The van der Waals surface area contributed by atoms with Crippen LogP contribution in [0.1, 0.15) is 24.1 Å². The molecule has 1 aromatic rings. The zero-order valence-corrected chi connectivity index (χ0v) is 12.3. The van der Waals surface area contributed by atoms with Gasteiger partial charge >= 0.3 is 0 Å². The highest BCUT2D eigenvalue weighted by Crippen LogP contribution is 2.23. The van der Waals surface area contributed by atoms with Crippen LogP contribution in [-0.4, -0.2) is 41.4 Å². The molecule has 18 heavy (non-hydrogen) atoms. The molecule has 1 aliphatic rings. The van der Waals surface area contributed by atoms with Crippen molar-refractivity contribution in [3.63, 3.8) is 0 Å². The maximum Gasteiger partial charge on any atom is 0.131 e. The normalized spacial score (nSPS) is 21.4. The first-order valence-corrected chi connectivity index (χ1v) is 7.04. The Balaban J connectivity index is 2.00. The van der Waals surface area contributed by atoms with Crippen LogP contribution in [0.25, 0.3) is 0 Å². The molecule has 102 valence electrons. The average molecular weight is 271 g/mol. The first-order valence-electron chi connectivity index (χ1n) is 6.66. The van der Waals surface area contributed by atoms with Crippen molar-refractivity contribution in [1.29, 1.82) is 0 Å². The van der Waals surface area contributed by atoms with Crippen molar-refractivity contribution in [2.45, 2.75) is 26.3 Å². The first-order chi connectivity index (χ1) is 8.61. The molecule has 0 amide bonds. The van der Waals surface area contributed by atoms with Crippen LogP contribution in [-0.2, 0) is 13.6 Å². The smallest absolute Gasteiger partial charge is 0.131 e. The van der Waals surface area contributed by atoms with Crippen LogP contribution in [0.4, 0.5) is 0 Å². The van der Waals surface area contributed by atoms with Gasteiger partial charge in [0.25, 0.3) is 0 Å². The van der Waals surface area contributed by atoms with Gasteiger partial charge in [-0.25, -0.2) is 0 Å². The van der Waals surface area contributed by atoms with Gasteiger partial charge in [-0.2, -0.15) is 5.10 Å². The number of halogens is 1. The summed E-state index contributed by atoms with van der Waals surface area (Å²) in [5, 5.41) is 8.44. The van der Waals surface area contributed by atoms with Gasteiger partial charge < -0.3 is 5.32 Å². The van der Waals surface area contributed by atoms with Gasteiger partial charge in [0.2, 0.25) is 0 Å². The molecule has 0 aliphatic carbocycles. The fraction of sp³-hybridized carbons (Fsp3) is 0.769. The zero-order valence-electron chi connectivity index (χ0n) is 11.5. The topological polar surface area (TPSA) is 33.1 Å². The van der Waals surface area contributed by atoms with Gasteiger partial charge in [0, 0.05) is 25.7 Å². The SMILES string of the molecule is CNCC1CCCN(Cc2c(C)nn(C)c2Cl)C1. The molecule has 5 heteroatoms. The number of hydrogen-bond acceptors (Lipinski definition) is 3. The van der Waals surface area contributed by atoms with Crippen LogP contribution in [0, 0.1) is 12.8 Å². The number of likely N-dealkylation sites (tertiary alicyclic amines) is 1. The maximum atomic E-state index is 6.29. The van der Waals surface area contributed by atoms with Crippen molar-refractivity contribution in [2.75, 3.05) is 26.7 Å². The van der Waals surface area contributed by atoms with Crippen molar-refractivity contribution >= 4 is 11.6 Å². The molecule has 0 spiro atoms. The summed E-state index contributed by atoms with van der Waals surface area (Å²) >= 11 is 6.29. The van der Waals surface area contributed by atoms with E-state index in [1.807, 2.05) is 21.0 Å². The molecule has 0 saturated carbocycles. The second-order valence-corrected chi connectivity index (χ2v) is 5.64. The standard InChI is InChI=1S/C13H23ClN4/c1-10-12(13(14)17(3)16-10)9-18-6-4-5-11(8-18)7-15-2/h11,15H,4-9H2,1-3H3. The van der Waals surface area contributed by atoms with E-state index in [-0.39, 0.29) is 0 Å². The molecule has 2 heterocycles. The van der Waals surface area contributed by atoms with Gasteiger partial charge in [0.1, 0.15) is 5.15 Å². The molecule has 0 radical (unpaired) electrons. The van der Waals surface area contributed by atoms with Gasteiger partial charge in [-0.15, -0.1) is 0 Å². The Kier molecular flexibility index (Phi) is 4.65. The molecule has 1 atom stereocenters.